The van der Waals surface area contributed by atoms with Crippen LogP contribution >= 0.6 is 0 Å². The van der Waals surface area contributed by atoms with Crippen LogP contribution < -0.4 is 0 Å². The Labute approximate surface area is 209 Å². The molecule has 1 saturated carbocycles. The second-order valence-corrected chi connectivity index (χ2v) is 10.4. The molecule has 1 aliphatic heterocycles. The Morgan fingerprint density at radius 1 is 1.29 bits per heavy atom. The Balaban J connectivity index is 1.75. The summed E-state index contributed by atoms with van der Waals surface area (Å²) in [4.78, 5) is 11.3. The fourth-order valence-electron chi connectivity index (χ4n) is 5.52. The molecule has 0 radical (unpaired) electrons. The summed E-state index contributed by atoms with van der Waals surface area (Å²) < 4.78 is 24.6. The van der Waals surface area contributed by atoms with Crippen LogP contribution in [0.25, 0.3) is 0 Å². The van der Waals surface area contributed by atoms with Crippen molar-refractivity contribution < 1.29 is 23.8 Å². The Bertz CT molecular complexity index is 915. The molecule has 2 fully saturated rings. The summed E-state index contributed by atoms with van der Waals surface area (Å²) in [7, 11) is 1.41. The number of methoxy groups -OCH3 is 1. The summed E-state index contributed by atoms with van der Waals surface area (Å²) in [6.07, 6.45) is 14.8. The van der Waals surface area contributed by atoms with Gasteiger partial charge in [-0.15, -0.1) is 0 Å². The summed E-state index contributed by atoms with van der Waals surface area (Å²) in [5.74, 6) is 0.200. The first kappa shape index (κ1) is 27.3. The average molecular weight is 485 g/mol. The Kier molecular flexibility index (Phi) is 9.88. The molecule has 1 saturated heterocycles. The first-order valence-electron chi connectivity index (χ1n) is 12.9. The van der Waals surface area contributed by atoms with Gasteiger partial charge in [-0.05, 0) is 75.5 Å². The molecule has 1 aliphatic carbocycles. The Hall–Kier alpha value is -2.24. The molecule has 2 aliphatic rings. The molecule has 0 aromatic heterocycles. The second-order valence-electron chi connectivity index (χ2n) is 10.4. The maximum absolute atomic E-state index is 13.7. The number of halogens is 1. The van der Waals surface area contributed by atoms with Crippen molar-refractivity contribution in [3.63, 3.8) is 0 Å². The fraction of sp³-hybridized carbons (Fsp3) is 0.567. The van der Waals surface area contributed by atoms with Crippen LogP contribution in [0.5, 0.6) is 0 Å². The van der Waals surface area contributed by atoms with E-state index < -0.39 is 6.10 Å². The third-order valence-corrected chi connectivity index (χ3v) is 7.69. The van der Waals surface area contributed by atoms with Crippen LogP contribution in [0.2, 0.25) is 0 Å². The zero-order valence-corrected chi connectivity index (χ0v) is 21.6. The molecule has 0 amide bonds. The van der Waals surface area contributed by atoms with E-state index in [1.807, 2.05) is 18.2 Å². The van der Waals surface area contributed by atoms with Crippen LogP contribution in [-0.4, -0.2) is 37.0 Å². The number of allylic oxidation sites excluding steroid dienone is 4. The van der Waals surface area contributed by atoms with Crippen LogP contribution in [0.15, 0.2) is 60.2 Å². The van der Waals surface area contributed by atoms with Gasteiger partial charge in [0.15, 0.2) is 0 Å². The number of fused-ring (bicyclic) bond motifs is 2. The van der Waals surface area contributed by atoms with Crippen LogP contribution in [0.1, 0.15) is 64.9 Å². The van der Waals surface area contributed by atoms with Gasteiger partial charge in [0.25, 0.3) is 0 Å². The van der Waals surface area contributed by atoms with Crippen LogP contribution in [0.3, 0.4) is 0 Å². The number of benzene rings is 1. The molecule has 0 spiro atoms. The van der Waals surface area contributed by atoms with Crippen molar-refractivity contribution in [2.45, 2.75) is 76.9 Å². The molecule has 1 unspecified atom stereocenters. The fourth-order valence-corrected chi connectivity index (χ4v) is 5.52. The first-order chi connectivity index (χ1) is 16.8. The van der Waals surface area contributed by atoms with Crippen molar-refractivity contribution >= 4 is 5.97 Å². The predicted molar refractivity (Wildman–Crippen MR) is 137 cm³/mol. The lowest BCUT2D eigenvalue weighted by molar-refractivity contribution is -0.140. The van der Waals surface area contributed by atoms with Crippen molar-refractivity contribution in [1.29, 1.82) is 0 Å². The van der Waals surface area contributed by atoms with Crippen molar-refractivity contribution in [3.8, 4) is 0 Å². The quantitative estimate of drug-likeness (QED) is 0.215. The molecule has 2 bridgehead atoms. The molecule has 4 nitrogen and oxygen atoms in total. The van der Waals surface area contributed by atoms with Crippen molar-refractivity contribution in [1.82, 2.24) is 0 Å². The summed E-state index contributed by atoms with van der Waals surface area (Å²) in [6.45, 7) is 6.85. The molecular formula is C30H41FO4. The molecule has 6 atom stereocenters. The maximum Gasteiger partial charge on any atom is 0.305 e. The molecule has 3 rings (SSSR count). The maximum atomic E-state index is 13.7. The summed E-state index contributed by atoms with van der Waals surface area (Å²) >= 11 is 0. The van der Waals surface area contributed by atoms with Crippen LogP contribution in [-0.2, 0) is 19.7 Å². The van der Waals surface area contributed by atoms with E-state index in [0.29, 0.717) is 18.9 Å². The SMILES string of the molecule is COC(=O)CCCC=CC[C@H]1[C@H](C=C[C@H](O)C(C)CC=C(C)C)[C@@H]2C[C@@]1(c1ccc(F)cc1)CO2. The number of hydrogen-bond donors (Lipinski definition) is 1. The standard InChI is InChI=1S/C30H41FO4/c1-21(2)11-12-22(3)27(32)18-17-25-26(9-7-5-6-8-10-29(33)34-4)30(19-28(25)35-20-30)23-13-15-24(31)16-14-23/h5,7,11,13-18,22,25-28,32H,6,8-10,12,19-20H2,1-4H3/t22?,25-,26-,27-,28-,30-/m0/s1. The van der Waals surface area contributed by atoms with Crippen molar-refractivity contribution in [2.24, 2.45) is 17.8 Å². The molecule has 192 valence electrons. The van der Waals surface area contributed by atoms with Gasteiger partial charge in [0.1, 0.15) is 5.82 Å². The normalized spacial score (nSPS) is 27.4. The molecule has 35 heavy (non-hydrogen) atoms. The summed E-state index contributed by atoms with van der Waals surface area (Å²) in [5, 5.41) is 10.7. The zero-order valence-electron chi connectivity index (χ0n) is 21.6. The number of carbonyl (C=O) groups excluding carboxylic acids is 1. The first-order valence-corrected chi connectivity index (χ1v) is 12.9. The number of esters is 1. The molecule has 1 aromatic carbocycles. The number of unbranched alkanes of at least 4 members (excludes halogenated alkanes) is 1. The number of aliphatic hydroxyl groups is 1. The van der Waals surface area contributed by atoms with E-state index in [1.165, 1.54) is 24.8 Å². The smallest absolute Gasteiger partial charge is 0.305 e. The van der Waals surface area contributed by atoms with Gasteiger partial charge in [0, 0.05) is 17.8 Å². The minimum Gasteiger partial charge on any atom is -0.469 e. The van der Waals surface area contributed by atoms with Gasteiger partial charge in [-0.2, -0.15) is 0 Å². The number of hydrogen-bond acceptors (Lipinski definition) is 4. The van der Waals surface area contributed by atoms with Gasteiger partial charge >= 0.3 is 5.97 Å². The highest BCUT2D eigenvalue weighted by Crippen LogP contribution is 2.57. The zero-order chi connectivity index (χ0) is 25.4. The van der Waals surface area contributed by atoms with E-state index in [1.54, 1.807) is 0 Å². The van der Waals surface area contributed by atoms with Crippen molar-refractivity contribution in [3.05, 3.63) is 71.6 Å². The number of rotatable bonds is 12. The number of ether oxygens (including phenoxy) is 2. The minimum atomic E-state index is -0.513. The van der Waals surface area contributed by atoms with Crippen molar-refractivity contribution in [2.75, 3.05) is 13.7 Å². The van der Waals surface area contributed by atoms with E-state index >= 15 is 0 Å². The molecule has 5 heteroatoms. The molecule has 1 aromatic rings. The van der Waals surface area contributed by atoms with Crippen LogP contribution in [0.4, 0.5) is 4.39 Å². The lowest BCUT2D eigenvalue weighted by Gasteiger charge is -2.38. The molecular weight excluding hydrogens is 443 g/mol. The van der Waals surface area contributed by atoms with E-state index in [4.69, 9.17) is 9.47 Å². The third-order valence-electron chi connectivity index (χ3n) is 7.69. The lowest BCUT2D eigenvalue weighted by Crippen LogP contribution is -2.39. The monoisotopic (exact) mass is 484 g/mol. The predicted octanol–water partition coefficient (Wildman–Crippen LogP) is 6.30. The highest BCUT2D eigenvalue weighted by atomic mass is 19.1. The summed E-state index contributed by atoms with van der Waals surface area (Å²) in [6, 6.07) is 6.87. The lowest BCUT2D eigenvalue weighted by atomic mass is 9.69. The largest absolute Gasteiger partial charge is 0.469 e. The van der Waals surface area contributed by atoms with E-state index in [-0.39, 0.29) is 35.1 Å². The Morgan fingerprint density at radius 2 is 2.03 bits per heavy atom. The van der Waals surface area contributed by atoms with Crippen LogP contribution in [0, 0.1) is 23.6 Å². The topological polar surface area (TPSA) is 55.8 Å². The highest BCUT2D eigenvalue weighted by Gasteiger charge is 2.58. The molecule has 1 heterocycles. The minimum absolute atomic E-state index is 0.0920. The van der Waals surface area contributed by atoms with E-state index in [0.717, 1.165) is 37.7 Å². The third kappa shape index (κ3) is 6.92. The van der Waals surface area contributed by atoms with E-state index in [9.17, 15) is 14.3 Å². The highest BCUT2D eigenvalue weighted by molar-refractivity contribution is 5.69. The number of aliphatic hydroxyl groups excluding tert-OH is 1. The Morgan fingerprint density at radius 3 is 2.71 bits per heavy atom. The summed E-state index contributed by atoms with van der Waals surface area (Å²) in [5.41, 5.74) is 2.22. The molecule has 1 N–H and O–H groups in total. The van der Waals surface area contributed by atoms with E-state index in [2.05, 4.69) is 45.1 Å². The second kappa shape index (κ2) is 12.6. The van der Waals surface area contributed by atoms with Gasteiger partial charge in [-0.25, -0.2) is 4.39 Å². The van der Waals surface area contributed by atoms with Gasteiger partial charge in [-0.1, -0.05) is 55.0 Å². The van der Waals surface area contributed by atoms with Gasteiger partial charge < -0.3 is 14.6 Å². The average Bonchev–Trinajstić information content (AvgIpc) is 3.41. The van der Waals surface area contributed by atoms with Gasteiger partial charge in [0.2, 0.25) is 0 Å². The van der Waals surface area contributed by atoms with Gasteiger partial charge in [0.05, 0.1) is 25.9 Å². The van der Waals surface area contributed by atoms with Gasteiger partial charge in [-0.3, -0.25) is 4.79 Å². The number of carbonyl (C=O) groups is 1.